The van der Waals surface area contributed by atoms with Gasteiger partial charge >= 0.3 is 5.97 Å². The van der Waals surface area contributed by atoms with Crippen LogP contribution >= 0.6 is 0 Å². The molecule has 2 heterocycles. The van der Waals surface area contributed by atoms with Gasteiger partial charge < -0.3 is 18.3 Å². The lowest BCUT2D eigenvalue weighted by molar-refractivity contribution is -0.147. The van der Waals surface area contributed by atoms with Gasteiger partial charge in [-0.2, -0.15) is 0 Å². The molecule has 124 valence electrons. The molecule has 0 bridgehead atoms. The molecule has 2 aromatic heterocycles. The van der Waals surface area contributed by atoms with Gasteiger partial charge in [-0.05, 0) is 43.7 Å². The van der Waals surface area contributed by atoms with E-state index in [4.69, 9.17) is 13.6 Å². The molecule has 1 aromatic carbocycles. The Hall–Kier alpha value is -3.02. The van der Waals surface area contributed by atoms with E-state index in [9.17, 15) is 9.59 Å². The summed E-state index contributed by atoms with van der Waals surface area (Å²) in [6.45, 7) is 3.40. The SMILES string of the molecule is COC(=O)[C@H](C)Oc1c(-c2ccco2)oc2cc(C)ccc2c1=O. The van der Waals surface area contributed by atoms with Gasteiger partial charge in [-0.1, -0.05) is 6.07 Å². The summed E-state index contributed by atoms with van der Waals surface area (Å²) >= 11 is 0. The molecule has 0 unspecified atom stereocenters. The van der Waals surface area contributed by atoms with Crippen molar-refractivity contribution in [3.63, 3.8) is 0 Å². The second kappa shape index (κ2) is 6.23. The van der Waals surface area contributed by atoms with Gasteiger partial charge in [-0.3, -0.25) is 4.79 Å². The fourth-order valence-electron chi connectivity index (χ4n) is 2.35. The Morgan fingerprint density at radius 1 is 1.25 bits per heavy atom. The molecule has 0 aliphatic carbocycles. The number of ether oxygens (including phenoxy) is 2. The normalized spacial score (nSPS) is 12.1. The number of hydrogen-bond donors (Lipinski definition) is 0. The molecule has 0 N–H and O–H groups in total. The second-order valence-corrected chi connectivity index (χ2v) is 5.35. The molecule has 0 aliphatic rings. The number of rotatable bonds is 4. The van der Waals surface area contributed by atoms with E-state index in [-0.39, 0.29) is 16.9 Å². The van der Waals surface area contributed by atoms with Crippen LogP contribution in [0.1, 0.15) is 12.5 Å². The van der Waals surface area contributed by atoms with E-state index in [0.29, 0.717) is 16.7 Å². The molecule has 0 saturated heterocycles. The van der Waals surface area contributed by atoms with Gasteiger partial charge in [0.25, 0.3) is 0 Å². The summed E-state index contributed by atoms with van der Waals surface area (Å²) in [5, 5.41) is 0.364. The lowest BCUT2D eigenvalue weighted by Gasteiger charge is -2.14. The van der Waals surface area contributed by atoms with Gasteiger partial charge in [0.15, 0.2) is 11.9 Å². The minimum atomic E-state index is -0.963. The third kappa shape index (κ3) is 2.78. The summed E-state index contributed by atoms with van der Waals surface area (Å²) in [6.07, 6.45) is 0.498. The first-order valence-corrected chi connectivity index (χ1v) is 7.37. The van der Waals surface area contributed by atoms with Crippen molar-refractivity contribution in [1.29, 1.82) is 0 Å². The van der Waals surface area contributed by atoms with Gasteiger partial charge in [0.2, 0.25) is 16.9 Å². The average molecular weight is 328 g/mol. The zero-order chi connectivity index (χ0) is 17.3. The highest BCUT2D eigenvalue weighted by Gasteiger charge is 2.24. The van der Waals surface area contributed by atoms with Crippen LogP contribution in [-0.2, 0) is 9.53 Å². The maximum absolute atomic E-state index is 12.8. The van der Waals surface area contributed by atoms with E-state index in [1.165, 1.54) is 20.3 Å². The van der Waals surface area contributed by atoms with Crippen molar-refractivity contribution in [2.45, 2.75) is 20.0 Å². The van der Waals surface area contributed by atoms with E-state index in [1.807, 2.05) is 6.92 Å². The van der Waals surface area contributed by atoms with Crippen molar-refractivity contribution in [3.8, 4) is 17.3 Å². The maximum atomic E-state index is 12.8. The van der Waals surface area contributed by atoms with Crippen LogP contribution in [-0.4, -0.2) is 19.2 Å². The fourth-order valence-corrected chi connectivity index (χ4v) is 2.35. The molecular weight excluding hydrogens is 312 g/mol. The molecule has 3 rings (SSSR count). The van der Waals surface area contributed by atoms with Crippen molar-refractivity contribution < 1.29 is 23.1 Å². The lowest BCUT2D eigenvalue weighted by Crippen LogP contribution is -2.27. The van der Waals surface area contributed by atoms with Gasteiger partial charge in [-0.15, -0.1) is 0 Å². The monoisotopic (exact) mass is 328 g/mol. The molecular formula is C18H16O6. The quantitative estimate of drug-likeness (QED) is 0.684. The van der Waals surface area contributed by atoms with E-state index in [2.05, 4.69) is 4.74 Å². The number of carbonyl (C=O) groups excluding carboxylic acids is 1. The molecule has 0 radical (unpaired) electrons. The zero-order valence-electron chi connectivity index (χ0n) is 13.5. The van der Waals surface area contributed by atoms with Crippen molar-refractivity contribution in [1.82, 2.24) is 0 Å². The highest BCUT2D eigenvalue weighted by molar-refractivity contribution is 5.82. The fraction of sp³-hybridized carbons (Fsp3) is 0.222. The third-order valence-electron chi connectivity index (χ3n) is 3.58. The molecule has 3 aromatic rings. The first-order valence-electron chi connectivity index (χ1n) is 7.37. The Balaban J connectivity index is 2.23. The number of hydrogen-bond acceptors (Lipinski definition) is 6. The molecule has 0 saturated carbocycles. The van der Waals surface area contributed by atoms with Crippen molar-refractivity contribution in [2.75, 3.05) is 7.11 Å². The predicted octanol–water partition coefficient (Wildman–Crippen LogP) is 3.30. The summed E-state index contributed by atoms with van der Waals surface area (Å²) in [5.74, 6) is -0.204. The zero-order valence-corrected chi connectivity index (χ0v) is 13.5. The highest BCUT2D eigenvalue weighted by Crippen LogP contribution is 2.32. The summed E-state index contributed by atoms with van der Waals surface area (Å²) in [7, 11) is 1.25. The molecule has 24 heavy (non-hydrogen) atoms. The first-order chi connectivity index (χ1) is 11.5. The topological polar surface area (TPSA) is 78.9 Å². The highest BCUT2D eigenvalue weighted by atomic mass is 16.6. The number of furan rings is 1. The van der Waals surface area contributed by atoms with Gasteiger partial charge in [-0.25, -0.2) is 4.79 Å². The number of benzene rings is 1. The molecule has 6 heteroatoms. The Bertz CT molecular complexity index is 936. The molecule has 0 amide bonds. The van der Waals surface area contributed by atoms with Crippen LogP contribution in [0.15, 0.2) is 50.2 Å². The summed E-state index contributed by atoms with van der Waals surface area (Å²) in [5.41, 5.74) is 0.996. The second-order valence-electron chi connectivity index (χ2n) is 5.35. The predicted molar refractivity (Wildman–Crippen MR) is 87.0 cm³/mol. The van der Waals surface area contributed by atoms with Crippen molar-refractivity contribution >= 4 is 16.9 Å². The molecule has 0 fully saturated rings. The van der Waals surface area contributed by atoms with Gasteiger partial charge in [0.05, 0.1) is 18.8 Å². The number of carbonyl (C=O) groups is 1. The number of methoxy groups -OCH3 is 1. The molecule has 0 aliphatic heterocycles. The Morgan fingerprint density at radius 3 is 2.71 bits per heavy atom. The van der Waals surface area contributed by atoms with Crippen LogP contribution in [0.4, 0.5) is 0 Å². The molecule has 0 spiro atoms. The number of aryl methyl sites for hydroxylation is 1. The van der Waals surface area contributed by atoms with E-state index < -0.39 is 12.1 Å². The molecule has 1 atom stereocenters. The largest absolute Gasteiger partial charge is 0.471 e. The number of esters is 1. The minimum absolute atomic E-state index is 0.0841. The van der Waals surface area contributed by atoms with Crippen LogP contribution in [0.2, 0.25) is 0 Å². The maximum Gasteiger partial charge on any atom is 0.346 e. The summed E-state index contributed by atoms with van der Waals surface area (Å²) in [4.78, 5) is 24.5. The van der Waals surface area contributed by atoms with Crippen LogP contribution in [0.25, 0.3) is 22.5 Å². The smallest absolute Gasteiger partial charge is 0.346 e. The van der Waals surface area contributed by atoms with Crippen molar-refractivity contribution in [3.05, 3.63) is 52.4 Å². The number of fused-ring (bicyclic) bond motifs is 1. The van der Waals surface area contributed by atoms with Crippen molar-refractivity contribution in [2.24, 2.45) is 0 Å². The average Bonchev–Trinajstić information content (AvgIpc) is 3.10. The van der Waals surface area contributed by atoms with Gasteiger partial charge in [0, 0.05) is 0 Å². The lowest BCUT2D eigenvalue weighted by atomic mass is 10.1. The van der Waals surface area contributed by atoms with Crippen LogP contribution in [0.5, 0.6) is 5.75 Å². The van der Waals surface area contributed by atoms with Crippen LogP contribution < -0.4 is 10.2 Å². The van der Waals surface area contributed by atoms with E-state index >= 15 is 0 Å². The van der Waals surface area contributed by atoms with Crippen LogP contribution in [0, 0.1) is 6.92 Å². The standard InChI is InChI=1S/C18H16O6/c1-10-6-7-12-14(9-10)24-16(13-5-4-8-22-13)17(15(12)19)23-11(2)18(20)21-3/h4-9,11H,1-3H3/t11-/m0/s1. The third-order valence-corrected chi connectivity index (χ3v) is 3.58. The van der Waals surface area contributed by atoms with Gasteiger partial charge in [0.1, 0.15) is 5.58 Å². The van der Waals surface area contributed by atoms with Crippen LogP contribution in [0.3, 0.4) is 0 Å². The Kier molecular flexibility index (Phi) is 4.12. The molecule has 6 nitrogen and oxygen atoms in total. The Labute approximate surface area is 137 Å². The summed E-state index contributed by atoms with van der Waals surface area (Å²) in [6, 6.07) is 8.55. The van der Waals surface area contributed by atoms with E-state index in [1.54, 1.807) is 30.3 Å². The first kappa shape index (κ1) is 15.9. The Morgan fingerprint density at radius 2 is 2.04 bits per heavy atom. The minimum Gasteiger partial charge on any atom is -0.471 e. The van der Waals surface area contributed by atoms with E-state index in [0.717, 1.165) is 5.56 Å². The summed E-state index contributed by atoms with van der Waals surface area (Å²) < 4.78 is 21.4.